The van der Waals surface area contributed by atoms with Crippen molar-refractivity contribution in [3.05, 3.63) is 30.2 Å². The van der Waals surface area contributed by atoms with Crippen LogP contribution in [0.2, 0.25) is 0 Å². The first-order chi connectivity index (χ1) is 11.2. The van der Waals surface area contributed by atoms with Crippen LogP contribution in [-0.2, 0) is 0 Å². The maximum absolute atomic E-state index is 12.3. The van der Waals surface area contributed by atoms with E-state index in [9.17, 15) is 4.79 Å². The van der Waals surface area contributed by atoms with Gasteiger partial charge in [-0.1, -0.05) is 6.07 Å². The number of pyridine rings is 1. The largest absolute Gasteiger partial charge is 0.335 e. The number of piperidine rings is 1. The van der Waals surface area contributed by atoms with Crippen molar-refractivity contribution in [1.82, 2.24) is 24.8 Å². The molecular formula is C17H23N5O. The smallest absolute Gasteiger partial charge is 0.317 e. The summed E-state index contributed by atoms with van der Waals surface area (Å²) < 4.78 is 2.07. The second kappa shape index (κ2) is 5.83. The standard InChI is InChI=1S/C17H23N5O/c1-12(13-5-6-13)18-17(23)21-10-7-14(8-11-21)16-20-19-15-4-2-3-9-22(15)16/h2-4,9,12-14H,5-8,10-11H2,1H3,(H,18,23)/t12-/m1/s1. The first-order valence-corrected chi connectivity index (χ1v) is 8.57. The van der Waals surface area contributed by atoms with E-state index in [0.717, 1.165) is 37.4 Å². The number of urea groups is 1. The Morgan fingerprint density at radius 3 is 2.74 bits per heavy atom. The predicted octanol–water partition coefficient (Wildman–Crippen LogP) is 2.42. The van der Waals surface area contributed by atoms with Crippen LogP contribution in [0.1, 0.15) is 44.3 Å². The molecule has 0 unspecified atom stereocenters. The molecular weight excluding hydrogens is 290 g/mol. The number of hydrogen-bond acceptors (Lipinski definition) is 3. The first kappa shape index (κ1) is 14.5. The molecule has 1 aliphatic carbocycles. The van der Waals surface area contributed by atoms with Gasteiger partial charge in [0.05, 0.1) is 0 Å². The molecule has 0 bridgehead atoms. The number of fused-ring (bicyclic) bond motifs is 1. The SMILES string of the molecule is C[C@@H](NC(=O)N1CCC(c2nnc3ccccn23)CC1)C1CC1. The average molecular weight is 313 g/mol. The van der Waals surface area contributed by atoms with E-state index in [0.29, 0.717) is 17.9 Å². The van der Waals surface area contributed by atoms with Crippen molar-refractivity contribution in [2.24, 2.45) is 5.92 Å². The molecule has 6 nitrogen and oxygen atoms in total. The summed E-state index contributed by atoms with van der Waals surface area (Å²) in [6, 6.07) is 6.34. The van der Waals surface area contributed by atoms with E-state index in [1.807, 2.05) is 29.3 Å². The molecule has 1 saturated carbocycles. The van der Waals surface area contributed by atoms with Gasteiger partial charge in [-0.3, -0.25) is 4.40 Å². The molecule has 1 atom stereocenters. The molecule has 4 rings (SSSR count). The lowest BCUT2D eigenvalue weighted by atomic mass is 9.96. The van der Waals surface area contributed by atoms with Crippen LogP contribution in [0.15, 0.2) is 24.4 Å². The van der Waals surface area contributed by atoms with Gasteiger partial charge >= 0.3 is 6.03 Å². The zero-order valence-corrected chi connectivity index (χ0v) is 13.5. The Hall–Kier alpha value is -2.11. The minimum Gasteiger partial charge on any atom is -0.335 e. The van der Waals surface area contributed by atoms with Gasteiger partial charge in [-0.25, -0.2) is 4.79 Å². The Morgan fingerprint density at radius 1 is 1.22 bits per heavy atom. The highest BCUT2D eigenvalue weighted by atomic mass is 16.2. The van der Waals surface area contributed by atoms with E-state index >= 15 is 0 Å². The maximum Gasteiger partial charge on any atom is 0.317 e. The highest BCUT2D eigenvalue weighted by Crippen LogP contribution is 2.32. The summed E-state index contributed by atoms with van der Waals surface area (Å²) in [6.45, 7) is 3.69. The number of carbonyl (C=O) groups excluding carboxylic acids is 1. The second-order valence-electron chi connectivity index (χ2n) is 6.82. The topological polar surface area (TPSA) is 62.5 Å². The summed E-state index contributed by atoms with van der Waals surface area (Å²) >= 11 is 0. The highest BCUT2D eigenvalue weighted by molar-refractivity contribution is 5.74. The molecule has 2 amide bonds. The molecule has 2 aromatic rings. The number of aromatic nitrogens is 3. The molecule has 1 saturated heterocycles. The normalized spacial score (nSPS) is 20.7. The van der Waals surface area contributed by atoms with Gasteiger partial charge in [-0.05, 0) is 50.7 Å². The zero-order chi connectivity index (χ0) is 15.8. The number of carbonyl (C=O) groups is 1. The molecule has 6 heteroatoms. The molecule has 2 fully saturated rings. The number of nitrogens with one attached hydrogen (secondary N) is 1. The van der Waals surface area contributed by atoms with Crippen LogP contribution in [-0.4, -0.2) is 44.7 Å². The Morgan fingerprint density at radius 2 is 2.00 bits per heavy atom. The molecule has 23 heavy (non-hydrogen) atoms. The minimum absolute atomic E-state index is 0.0916. The van der Waals surface area contributed by atoms with Crippen molar-refractivity contribution < 1.29 is 4.79 Å². The third-order valence-corrected chi connectivity index (χ3v) is 5.17. The summed E-state index contributed by atoms with van der Waals surface area (Å²) in [7, 11) is 0. The summed E-state index contributed by atoms with van der Waals surface area (Å²) in [6.07, 6.45) is 6.41. The quantitative estimate of drug-likeness (QED) is 0.946. The van der Waals surface area contributed by atoms with Crippen molar-refractivity contribution in [2.45, 2.75) is 44.6 Å². The number of amides is 2. The predicted molar refractivity (Wildman–Crippen MR) is 87.3 cm³/mol. The fourth-order valence-corrected chi connectivity index (χ4v) is 3.48. The van der Waals surface area contributed by atoms with Crippen molar-refractivity contribution in [1.29, 1.82) is 0 Å². The van der Waals surface area contributed by atoms with Gasteiger partial charge in [-0.2, -0.15) is 0 Å². The van der Waals surface area contributed by atoms with Gasteiger partial charge in [0.2, 0.25) is 0 Å². The lowest BCUT2D eigenvalue weighted by Crippen LogP contribution is -2.47. The van der Waals surface area contributed by atoms with Gasteiger partial charge < -0.3 is 10.2 Å². The second-order valence-corrected chi connectivity index (χ2v) is 6.82. The Labute approximate surface area is 135 Å². The Kier molecular flexibility index (Phi) is 3.67. The van der Waals surface area contributed by atoms with Gasteiger partial charge in [0.1, 0.15) is 5.82 Å². The van der Waals surface area contributed by atoms with Gasteiger partial charge in [0.15, 0.2) is 5.65 Å². The number of nitrogens with zero attached hydrogens (tertiary/aromatic N) is 4. The summed E-state index contributed by atoms with van der Waals surface area (Å²) in [4.78, 5) is 14.3. The molecule has 122 valence electrons. The van der Waals surface area contributed by atoms with Crippen LogP contribution in [0.3, 0.4) is 0 Å². The Balaban J connectivity index is 1.38. The lowest BCUT2D eigenvalue weighted by Gasteiger charge is -2.32. The van der Waals surface area contributed by atoms with Crippen LogP contribution < -0.4 is 5.32 Å². The summed E-state index contributed by atoms with van der Waals surface area (Å²) in [5.41, 5.74) is 0.890. The van der Waals surface area contributed by atoms with Gasteiger partial charge in [-0.15, -0.1) is 10.2 Å². The van der Waals surface area contributed by atoms with E-state index in [1.54, 1.807) is 0 Å². The van der Waals surface area contributed by atoms with E-state index in [4.69, 9.17) is 0 Å². The maximum atomic E-state index is 12.3. The van der Waals surface area contributed by atoms with Crippen molar-refractivity contribution in [3.63, 3.8) is 0 Å². The molecule has 1 aliphatic heterocycles. The van der Waals surface area contributed by atoms with Crippen LogP contribution in [0.4, 0.5) is 4.79 Å². The fourth-order valence-electron chi connectivity index (χ4n) is 3.48. The molecule has 3 heterocycles. The van der Waals surface area contributed by atoms with E-state index in [-0.39, 0.29) is 6.03 Å². The van der Waals surface area contributed by atoms with E-state index in [2.05, 4.69) is 26.8 Å². The summed E-state index contributed by atoms with van der Waals surface area (Å²) in [5.74, 6) is 2.09. The monoisotopic (exact) mass is 313 g/mol. The fraction of sp³-hybridized carbons (Fsp3) is 0.588. The van der Waals surface area contributed by atoms with Crippen LogP contribution in [0.5, 0.6) is 0 Å². The molecule has 0 spiro atoms. The molecule has 1 N–H and O–H groups in total. The van der Waals surface area contributed by atoms with Crippen molar-refractivity contribution >= 4 is 11.7 Å². The molecule has 0 radical (unpaired) electrons. The van der Waals surface area contributed by atoms with Crippen molar-refractivity contribution in [3.8, 4) is 0 Å². The first-order valence-electron chi connectivity index (χ1n) is 8.57. The molecule has 2 aromatic heterocycles. The number of likely N-dealkylation sites (tertiary alicyclic amines) is 1. The van der Waals surface area contributed by atoms with E-state index in [1.165, 1.54) is 12.8 Å². The highest BCUT2D eigenvalue weighted by Gasteiger charge is 2.31. The van der Waals surface area contributed by atoms with Crippen LogP contribution in [0.25, 0.3) is 5.65 Å². The minimum atomic E-state index is 0.0916. The van der Waals surface area contributed by atoms with Crippen LogP contribution in [0, 0.1) is 5.92 Å². The average Bonchev–Trinajstić information content (AvgIpc) is 3.35. The molecule has 0 aromatic carbocycles. The van der Waals surface area contributed by atoms with E-state index < -0.39 is 0 Å². The third-order valence-electron chi connectivity index (χ3n) is 5.17. The number of hydrogen-bond donors (Lipinski definition) is 1. The molecule has 2 aliphatic rings. The third kappa shape index (κ3) is 2.90. The van der Waals surface area contributed by atoms with Gasteiger partial charge in [0, 0.05) is 31.2 Å². The zero-order valence-electron chi connectivity index (χ0n) is 13.5. The Bertz CT molecular complexity index is 700. The van der Waals surface area contributed by atoms with Crippen LogP contribution >= 0.6 is 0 Å². The summed E-state index contributed by atoms with van der Waals surface area (Å²) in [5, 5.41) is 11.7. The lowest BCUT2D eigenvalue weighted by molar-refractivity contribution is 0.176. The number of rotatable bonds is 3. The van der Waals surface area contributed by atoms with Gasteiger partial charge in [0.25, 0.3) is 0 Å². The van der Waals surface area contributed by atoms with Crippen molar-refractivity contribution in [2.75, 3.05) is 13.1 Å².